The molecule has 0 saturated carbocycles. The molecule has 0 amide bonds. The Kier molecular flexibility index (Phi) is 62.5. The van der Waals surface area contributed by atoms with Crippen molar-refractivity contribution in [3.8, 4) is 0 Å². The van der Waals surface area contributed by atoms with Gasteiger partial charge in [-0.25, -0.2) is 9.59 Å². The van der Waals surface area contributed by atoms with Crippen LogP contribution in [0.1, 0.15) is 0 Å². The second-order valence-corrected chi connectivity index (χ2v) is 2.03. The molecule has 0 aliphatic rings. The Morgan fingerprint density at radius 2 is 0.955 bits per heavy atom. The molecule has 0 saturated heterocycles. The number of carbonyl (C=O) groups is 2. The second kappa shape index (κ2) is 42.7. The van der Waals surface area contributed by atoms with E-state index in [1.54, 1.807) is 0 Å². The van der Waals surface area contributed by atoms with Gasteiger partial charge in [0.05, 0.1) is 0 Å². The summed E-state index contributed by atoms with van der Waals surface area (Å²) in [6, 6.07) is 0. The van der Waals surface area contributed by atoms with E-state index in [2.05, 4.69) is 50.4 Å². The van der Waals surface area contributed by atoms with Gasteiger partial charge in [0.2, 0.25) is 0 Å². The predicted octanol–water partition coefficient (Wildman–Crippen LogP) is 2.23. The lowest BCUT2D eigenvalue weighted by molar-refractivity contribution is -0.193. The number of carboxylic acids is 2. The van der Waals surface area contributed by atoms with Gasteiger partial charge in [0, 0.05) is 49.4 Å². The molecule has 0 rings (SSSR count). The standard InChI is InChI=1S/2C5H6O2.2CO2.I2/c2*1-2-3-4-5(6)7;2*2-1-3;1-2/h2*2-4H,1H2,(H,6,7);;;/b2*4-3+;;;. The molecule has 0 fully saturated rings. The molecular formula is C12H12I2O8. The first-order chi connectivity index (χ1) is 10.4. The quantitative estimate of drug-likeness (QED) is 0.316. The highest BCUT2D eigenvalue weighted by Gasteiger charge is 1.78. The van der Waals surface area contributed by atoms with E-state index in [1.807, 2.05) is 0 Å². The number of carboxylic acid groups (broad SMARTS) is 2. The van der Waals surface area contributed by atoms with Crippen LogP contribution in [-0.2, 0) is 28.8 Å². The number of aliphatic carboxylic acids is 2. The van der Waals surface area contributed by atoms with Gasteiger partial charge in [-0.3, -0.25) is 0 Å². The third-order valence-electron chi connectivity index (χ3n) is 0.750. The van der Waals surface area contributed by atoms with Crippen molar-refractivity contribution < 1.29 is 39.0 Å². The highest BCUT2D eigenvalue weighted by molar-refractivity contribution is 15.0. The van der Waals surface area contributed by atoms with Gasteiger partial charge in [-0.2, -0.15) is 19.2 Å². The molecule has 122 valence electrons. The molecule has 0 bridgehead atoms. The minimum absolute atomic E-state index is 0.250. The van der Waals surface area contributed by atoms with Crippen LogP contribution in [0.25, 0.3) is 0 Å². The number of halogens is 2. The van der Waals surface area contributed by atoms with Crippen LogP contribution in [0.4, 0.5) is 0 Å². The van der Waals surface area contributed by atoms with Crippen molar-refractivity contribution in [2.24, 2.45) is 0 Å². The topological polar surface area (TPSA) is 143 Å². The van der Waals surface area contributed by atoms with Crippen LogP contribution in [0.5, 0.6) is 0 Å². The number of allylic oxidation sites excluding steroid dienone is 4. The van der Waals surface area contributed by atoms with Crippen LogP contribution in [0.15, 0.2) is 49.6 Å². The fourth-order valence-corrected chi connectivity index (χ4v) is 0.301. The average Bonchev–Trinajstić information content (AvgIpc) is 2.47. The number of carbonyl (C=O) groups excluding carboxylic acids is 4. The van der Waals surface area contributed by atoms with Gasteiger partial charge < -0.3 is 10.2 Å². The highest BCUT2D eigenvalue weighted by atomic mass is 128. The third kappa shape index (κ3) is 142. The SMILES string of the molecule is C=C/C=C/C(=O)O.C=C/C=C/C(=O)O.II.O=C=O.O=C=O. The van der Waals surface area contributed by atoms with Crippen molar-refractivity contribution in [3.63, 3.8) is 0 Å². The van der Waals surface area contributed by atoms with Crippen molar-refractivity contribution in [1.82, 2.24) is 0 Å². The Bertz CT molecular complexity index is 375. The van der Waals surface area contributed by atoms with Gasteiger partial charge in [-0.05, 0) is 0 Å². The first kappa shape index (κ1) is 32.2. The predicted molar refractivity (Wildman–Crippen MR) is 92.0 cm³/mol. The molecule has 0 atom stereocenters. The lowest BCUT2D eigenvalue weighted by atomic mass is 10.5. The van der Waals surface area contributed by atoms with Crippen LogP contribution < -0.4 is 0 Å². The molecule has 0 aromatic heterocycles. The average molecular weight is 538 g/mol. The van der Waals surface area contributed by atoms with Gasteiger partial charge in [0.15, 0.2) is 0 Å². The first-order valence-corrected chi connectivity index (χ1v) is 10.8. The molecular weight excluding hydrogens is 526 g/mol. The molecule has 0 heterocycles. The lowest BCUT2D eigenvalue weighted by Gasteiger charge is -1.70. The van der Waals surface area contributed by atoms with Crippen LogP contribution in [-0.4, -0.2) is 34.5 Å². The fraction of sp³-hybridized carbons (Fsp3) is 0. The van der Waals surface area contributed by atoms with E-state index in [0.717, 1.165) is 12.2 Å². The van der Waals surface area contributed by atoms with E-state index in [9.17, 15) is 9.59 Å². The molecule has 0 unspecified atom stereocenters. The van der Waals surface area contributed by atoms with Crippen molar-refractivity contribution in [2.45, 2.75) is 0 Å². The van der Waals surface area contributed by atoms with E-state index in [4.69, 9.17) is 29.4 Å². The van der Waals surface area contributed by atoms with E-state index in [0.29, 0.717) is 0 Å². The van der Waals surface area contributed by atoms with Crippen LogP contribution in [0.2, 0.25) is 0 Å². The summed E-state index contributed by atoms with van der Waals surface area (Å²) in [4.78, 5) is 51.7. The molecule has 10 heteroatoms. The van der Waals surface area contributed by atoms with E-state index >= 15 is 0 Å². The smallest absolute Gasteiger partial charge is 0.373 e. The molecule has 0 aliphatic heterocycles. The largest absolute Gasteiger partial charge is 0.478 e. The monoisotopic (exact) mass is 538 g/mol. The molecule has 0 aliphatic carbocycles. The Balaban J connectivity index is -0.0000000601. The first-order valence-electron chi connectivity index (χ1n) is 4.54. The zero-order valence-electron chi connectivity index (χ0n) is 11.0. The van der Waals surface area contributed by atoms with Crippen LogP contribution in [0, 0.1) is 0 Å². The van der Waals surface area contributed by atoms with Crippen molar-refractivity contribution >= 4 is 61.5 Å². The summed E-state index contributed by atoms with van der Waals surface area (Å²) in [5, 5.41) is 15.8. The van der Waals surface area contributed by atoms with Crippen LogP contribution in [0.3, 0.4) is 0 Å². The molecule has 2 N–H and O–H groups in total. The minimum Gasteiger partial charge on any atom is -0.478 e. The maximum Gasteiger partial charge on any atom is 0.373 e. The van der Waals surface area contributed by atoms with Crippen molar-refractivity contribution in [2.75, 3.05) is 0 Å². The summed E-state index contributed by atoms with van der Waals surface area (Å²) in [7, 11) is 0. The second-order valence-electron chi connectivity index (χ2n) is 2.03. The number of hydrogen-bond donors (Lipinski definition) is 2. The summed E-state index contributed by atoms with van der Waals surface area (Å²) in [6.45, 7) is 6.56. The van der Waals surface area contributed by atoms with Gasteiger partial charge >= 0.3 is 24.2 Å². The minimum atomic E-state index is -0.945. The molecule has 0 aromatic carbocycles. The number of hydrogen-bond acceptors (Lipinski definition) is 6. The maximum atomic E-state index is 9.62. The Morgan fingerprint density at radius 1 is 0.773 bits per heavy atom. The van der Waals surface area contributed by atoms with Crippen molar-refractivity contribution in [3.05, 3.63) is 49.6 Å². The van der Waals surface area contributed by atoms with Gasteiger partial charge in [0.1, 0.15) is 0 Å². The molecule has 8 nitrogen and oxygen atoms in total. The lowest BCUT2D eigenvalue weighted by Crippen LogP contribution is -1.83. The fourth-order valence-electron chi connectivity index (χ4n) is 0.301. The van der Waals surface area contributed by atoms with Gasteiger partial charge in [-0.1, -0.05) is 37.5 Å². The van der Waals surface area contributed by atoms with Gasteiger partial charge in [-0.15, -0.1) is 0 Å². The van der Waals surface area contributed by atoms with Crippen molar-refractivity contribution in [1.29, 1.82) is 0 Å². The summed E-state index contributed by atoms with van der Waals surface area (Å²) in [6.07, 6.45) is 8.09. The third-order valence-corrected chi connectivity index (χ3v) is 0.750. The molecule has 22 heavy (non-hydrogen) atoms. The zero-order chi connectivity index (χ0) is 18.8. The molecule has 0 radical (unpaired) electrons. The number of rotatable bonds is 4. The summed E-state index contributed by atoms with van der Waals surface area (Å²) < 4.78 is 0. The van der Waals surface area contributed by atoms with E-state index < -0.39 is 11.9 Å². The summed E-state index contributed by atoms with van der Waals surface area (Å²) in [5.41, 5.74) is 0. The molecule has 0 aromatic rings. The maximum absolute atomic E-state index is 9.62. The van der Waals surface area contributed by atoms with E-state index in [-0.39, 0.29) is 12.3 Å². The summed E-state index contributed by atoms with van der Waals surface area (Å²) >= 11 is 4.24. The summed E-state index contributed by atoms with van der Waals surface area (Å²) in [5.74, 6) is -1.89. The van der Waals surface area contributed by atoms with Crippen LogP contribution >= 0.6 is 37.2 Å². The van der Waals surface area contributed by atoms with Gasteiger partial charge in [0.25, 0.3) is 0 Å². The normalized spacial score (nSPS) is 6.82. The zero-order valence-corrected chi connectivity index (χ0v) is 15.3. The Labute approximate surface area is 149 Å². The Morgan fingerprint density at radius 3 is 1.00 bits per heavy atom. The van der Waals surface area contributed by atoms with E-state index in [1.165, 1.54) is 24.3 Å². The highest BCUT2D eigenvalue weighted by Crippen LogP contribution is 1.89. The molecule has 0 spiro atoms. The Hall–Kier alpha value is -1.88.